The highest BCUT2D eigenvalue weighted by atomic mass is 19.4. The second-order valence-electron chi connectivity index (χ2n) is 3.52. The largest absolute Gasteiger partial charge is 0.391 e. The molecule has 0 radical (unpaired) electrons. The van der Waals surface area contributed by atoms with E-state index in [2.05, 4.69) is 10.3 Å². The first-order valence-corrected chi connectivity index (χ1v) is 5.32. The lowest BCUT2D eigenvalue weighted by Crippen LogP contribution is -2.20. The second-order valence-corrected chi connectivity index (χ2v) is 3.52. The third kappa shape index (κ3) is 7.70. The molecular weight excluding hydrogens is 233 g/mol. The maximum absolute atomic E-state index is 11.7. The summed E-state index contributed by atoms with van der Waals surface area (Å²) in [5.74, 6) is 0. The predicted molar refractivity (Wildman–Crippen MR) is 57.4 cm³/mol. The molecule has 0 fully saturated rings. The molecule has 1 rings (SSSR count). The molecule has 0 unspecified atom stereocenters. The van der Waals surface area contributed by atoms with Crippen LogP contribution in [0, 0.1) is 0 Å². The molecule has 0 saturated heterocycles. The molecule has 0 atom stereocenters. The first-order valence-electron chi connectivity index (χ1n) is 5.32. The maximum atomic E-state index is 11.7. The molecule has 0 aliphatic rings. The Morgan fingerprint density at radius 3 is 2.76 bits per heavy atom. The van der Waals surface area contributed by atoms with Crippen LogP contribution in [-0.4, -0.2) is 30.9 Å². The van der Waals surface area contributed by atoms with Gasteiger partial charge in [-0.05, 0) is 11.6 Å². The van der Waals surface area contributed by atoms with Crippen LogP contribution in [0.5, 0.6) is 0 Å². The summed E-state index contributed by atoms with van der Waals surface area (Å²) >= 11 is 0. The van der Waals surface area contributed by atoms with Gasteiger partial charge in [0.05, 0.1) is 19.6 Å². The topological polar surface area (TPSA) is 34.1 Å². The van der Waals surface area contributed by atoms with Crippen molar-refractivity contribution in [2.24, 2.45) is 0 Å². The number of nitrogens with one attached hydrogen (secondary N) is 1. The summed E-state index contributed by atoms with van der Waals surface area (Å²) in [6.45, 7) is 1.15. The molecule has 17 heavy (non-hydrogen) atoms. The molecule has 1 N–H and O–H groups in total. The molecular formula is C11H15F3N2O. The zero-order valence-electron chi connectivity index (χ0n) is 9.33. The van der Waals surface area contributed by atoms with Gasteiger partial charge in [-0.2, -0.15) is 13.2 Å². The van der Waals surface area contributed by atoms with Crippen LogP contribution < -0.4 is 5.32 Å². The Bertz CT molecular complexity index is 303. The van der Waals surface area contributed by atoms with Crippen LogP contribution in [0.1, 0.15) is 12.0 Å². The number of nitrogens with zero attached hydrogens (tertiary/aromatic N) is 1. The zero-order valence-corrected chi connectivity index (χ0v) is 9.33. The van der Waals surface area contributed by atoms with E-state index in [1.807, 2.05) is 12.1 Å². The predicted octanol–water partition coefficient (Wildman–Crippen LogP) is 2.14. The highest BCUT2D eigenvalue weighted by molar-refractivity contribution is 5.07. The molecule has 1 heterocycles. The summed E-state index contributed by atoms with van der Waals surface area (Å²) in [7, 11) is 0. The van der Waals surface area contributed by atoms with Crippen LogP contribution >= 0.6 is 0 Å². The Kier molecular flexibility index (Phi) is 5.93. The molecule has 1 aromatic heterocycles. The van der Waals surface area contributed by atoms with Gasteiger partial charge in [-0.1, -0.05) is 6.07 Å². The van der Waals surface area contributed by atoms with Crippen molar-refractivity contribution in [2.75, 3.05) is 19.8 Å². The fourth-order valence-corrected chi connectivity index (χ4v) is 1.17. The Morgan fingerprint density at radius 2 is 2.12 bits per heavy atom. The summed E-state index contributed by atoms with van der Waals surface area (Å²) in [6.07, 6.45) is -1.61. The summed E-state index contributed by atoms with van der Waals surface area (Å²) in [4.78, 5) is 3.94. The third-order valence-corrected chi connectivity index (χ3v) is 2.00. The Morgan fingerprint density at radius 1 is 1.29 bits per heavy atom. The highest BCUT2D eigenvalue weighted by Crippen LogP contribution is 2.18. The zero-order chi connectivity index (χ0) is 12.6. The summed E-state index contributed by atoms with van der Waals surface area (Å²) in [5, 5.41) is 3.05. The van der Waals surface area contributed by atoms with Crippen molar-refractivity contribution in [1.29, 1.82) is 0 Å². The van der Waals surface area contributed by atoms with E-state index in [1.165, 1.54) is 0 Å². The van der Waals surface area contributed by atoms with E-state index < -0.39 is 12.6 Å². The van der Waals surface area contributed by atoms with Gasteiger partial charge in [0.1, 0.15) is 0 Å². The lowest BCUT2D eigenvalue weighted by Gasteiger charge is -2.08. The van der Waals surface area contributed by atoms with Crippen LogP contribution in [0.2, 0.25) is 0 Å². The number of pyridine rings is 1. The van der Waals surface area contributed by atoms with Crippen LogP contribution in [-0.2, 0) is 11.3 Å². The minimum Gasteiger partial charge on any atom is -0.380 e. The molecule has 0 amide bonds. The van der Waals surface area contributed by atoms with Crippen molar-refractivity contribution >= 4 is 0 Å². The summed E-state index contributed by atoms with van der Waals surface area (Å²) < 4.78 is 40.1. The van der Waals surface area contributed by atoms with E-state index >= 15 is 0 Å². The Hall–Kier alpha value is -1.14. The van der Waals surface area contributed by atoms with Gasteiger partial charge in [-0.25, -0.2) is 0 Å². The van der Waals surface area contributed by atoms with Crippen LogP contribution in [0.3, 0.4) is 0 Å². The molecule has 0 spiro atoms. The number of aromatic nitrogens is 1. The minimum absolute atomic E-state index is 0.274. The fraction of sp³-hybridized carbons (Fsp3) is 0.545. The fourth-order valence-electron chi connectivity index (χ4n) is 1.17. The monoisotopic (exact) mass is 248 g/mol. The molecule has 0 aliphatic carbocycles. The van der Waals surface area contributed by atoms with Gasteiger partial charge in [0.25, 0.3) is 0 Å². The van der Waals surface area contributed by atoms with Crippen molar-refractivity contribution < 1.29 is 17.9 Å². The maximum Gasteiger partial charge on any atom is 0.391 e. The Labute approximate surface area is 98.0 Å². The van der Waals surface area contributed by atoms with E-state index in [-0.39, 0.29) is 13.2 Å². The third-order valence-electron chi connectivity index (χ3n) is 2.00. The molecule has 6 heteroatoms. The quantitative estimate of drug-likeness (QED) is 0.751. The van der Waals surface area contributed by atoms with E-state index in [9.17, 15) is 13.2 Å². The number of halogens is 3. The van der Waals surface area contributed by atoms with Crippen molar-refractivity contribution in [1.82, 2.24) is 10.3 Å². The lowest BCUT2D eigenvalue weighted by molar-refractivity contribution is -0.145. The Balaban J connectivity index is 1.95. The van der Waals surface area contributed by atoms with Gasteiger partial charge in [-0.3, -0.25) is 4.98 Å². The van der Waals surface area contributed by atoms with E-state index in [0.717, 1.165) is 5.56 Å². The van der Waals surface area contributed by atoms with Gasteiger partial charge in [0.2, 0.25) is 0 Å². The summed E-state index contributed by atoms with van der Waals surface area (Å²) in [6, 6.07) is 3.75. The number of hydrogen-bond donors (Lipinski definition) is 1. The molecule has 0 aliphatic heterocycles. The first-order chi connectivity index (χ1) is 8.08. The van der Waals surface area contributed by atoms with Crippen LogP contribution in [0.4, 0.5) is 13.2 Å². The van der Waals surface area contributed by atoms with E-state index in [0.29, 0.717) is 13.1 Å². The molecule has 0 aromatic carbocycles. The second kappa shape index (κ2) is 7.24. The van der Waals surface area contributed by atoms with Gasteiger partial charge in [0.15, 0.2) is 0 Å². The van der Waals surface area contributed by atoms with Crippen molar-refractivity contribution in [3.8, 4) is 0 Å². The van der Waals surface area contributed by atoms with Crippen LogP contribution in [0.15, 0.2) is 24.5 Å². The average molecular weight is 248 g/mol. The highest BCUT2D eigenvalue weighted by Gasteiger charge is 2.26. The van der Waals surface area contributed by atoms with Gasteiger partial charge in [0, 0.05) is 25.5 Å². The molecule has 96 valence electrons. The molecule has 0 saturated carbocycles. The smallest absolute Gasteiger partial charge is 0.380 e. The van der Waals surface area contributed by atoms with Crippen molar-refractivity contribution in [2.45, 2.75) is 19.1 Å². The number of ether oxygens (including phenoxy) is 1. The summed E-state index contributed by atoms with van der Waals surface area (Å²) in [5.41, 5.74) is 1.03. The minimum atomic E-state index is -4.14. The molecule has 1 aromatic rings. The first kappa shape index (κ1) is 13.9. The molecule has 0 bridgehead atoms. The SMILES string of the molecule is FC(F)(F)CCOCCNCc1cccnc1. The van der Waals surface area contributed by atoms with Gasteiger partial charge < -0.3 is 10.1 Å². The van der Waals surface area contributed by atoms with E-state index in [4.69, 9.17) is 4.74 Å². The van der Waals surface area contributed by atoms with Gasteiger partial charge >= 0.3 is 6.18 Å². The van der Waals surface area contributed by atoms with Crippen molar-refractivity contribution in [3.05, 3.63) is 30.1 Å². The van der Waals surface area contributed by atoms with Crippen molar-refractivity contribution in [3.63, 3.8) is 0 Å². The molecule has 3 nitrogen and oxygen atoms in total. The number of alkyl halides is 3. The normalized spacial score (nSPS) is 11.7. The van der Waals surface area contributed by atoms with Gasteiger partial charge in [-0.15, -0.1) is 0 Å². The number of rotatable bonds is 7. The van der Waals surface area contributed by atoms with Crippen LogP contribution in [0.25, 0.3) is 0 Å². The number of hydrogen-bond acceptors (Lipinski definition) is 3. The standard InChI is InChI=1S/C11H15F3N2O/c12-11(13,14)3-6-17-7-5-16-9-10-2-1-4-15-8-10/h1-2,4,8,16H,3,5-7,9H2. The van der Waals surface area contributed by atoms with E-state index in [1.54, 1.807) is 12.4 Å². The average Bonchev–Trinajstić information content (AvgIpc) is 2.28. The lowest BCUT2D eigenvalue weighted by atomic mass is 10.3.